The SMILES string of the molecule is C=C1N(Cc2nc3cc(C)ccc3n2N)c2cnccc2C12CCC2.CC.CC. The van der Waals surface area contributed by atoms with E-state index in [4.69, 9.17) is 10.8 Å². The lowest BCUT2D eigenvalue weighted by Crippen LogP contribution is -2.37. The first kappa shape index (κ1) is 20.9. The van der Waals surface area contributed by atoms with Crippen molar-refractivity contribution in [2.45, 2.75) is 65.8 Å². The van der Waals surface area contributed by atoms with Crippen LogP contribution in [0.2, 0.25) is 0 Å². The van der Waals surface area contributed by atoms with E-state index in [0.29, 0.717) is 6.54 Å². The quantitative estimate of drug-likeness (QED) is 0.589. The molecule has 1 aromatic carbocycles. The van der Waals surface area contributed by atoms with Crippen molar-refractivity contribution in [2.24, 2.45) is 0 Å². The molecule has 1 aliphatic carbocycles. The van der Waals surface area contributed by atoms with Gasteiger partial charge in [0.05, 0.1) is 29.5 Å². The maximum absolute atomic E-state index is 6.33. The van der Waals surface area contributed by atoms with Crippen molar-refractivity contribution in [1.29, 1.82) is 0 Å². The van der Waals surface area contributed by atoms with Gasteiger partial charge in [0, 0.05) is 17.3 Å². The van der Waals surface area contributed by atoms with Gasteiger partial charge in [0.25, 0.3) is 0 Å². The van der Waals surface area contributed by atoms with Gasteiger partial charge >= 0.3 is 0 Å². The van der Waals surface area contributed by atoms with E-state index in [1.54, 1.807) is 4.68 Å². The fraction of sp³-hybridized carbons (Fsp3) is 0.417. The Hall–Kier alpha value is -2.82. The van der Waals surface area contributed by atoms with E-state index in [9.17, 15) is 0 Å². The first-order valence-corrected chi connectivity index (χ1v) is 10.7. The zero-order chi connectivity index (χ0) is 21.2. The molecule has 5 nitrogen and oxygen atoms in total. The summed E-state index contributed by atoms with van der Waals surface area (Å²) in [6, 6.07) is 8.32. The van der Waals surface area contributed by atoms with E-state index in [-0.39, 0.29) is 5.41 Å². The number of allylic oxidation sites excluding steroid dienone is 1. The highest BCUT2D eigenvalue weighted by atomic mass is 15.3. The third-order valence-corrected chi connectivity index (χ3v) is 5.91. The molecule has 0 bridgehead atoms. The van der Waals surface area contributed by atoms with Crippen LogP contribution in [0.25, 0.3) is 11.0 Å². The lowest BCUT2D eigenvalue weighted by molar-refractivity contribution is 0.301. The minimum absolute atomic E-state index is 0.0975. The molecule has 0 radical (unpaired) electrons. The Morgan fingerprint density at radius 3 is 2.52 bits per heavy atom. The van der Waals surface area contributed by atoms with Crippen LogP contribution in [0.15, 0.2) is 48.9 Å². The zero-order valence-corrected chi connectivity index (χ0v) is 18.4. The molecular formula is C24H33N5. The average Bonchev–Trinajstić information content (AvgIpc) is 3.16. The first-order chi connectivity index (χ1) is 14.1. The number of imidazole rings is 1. The second-order valence-electron chi connectivity index (χ2n) is 7.25. The Morgan fingerprint density at radius 1 is 1.14 bits per heavy atom. The molecule has 1 spiro atoms. The van der Waals surface area contributed by atoms with Crippen LogP contribution >= 0.6 is 0 Å². The van der Waals surface area contributed by atoms with Crippen LogP contribution in [-0.4, -0.2) is 14.6 Å². The third kappa shape index (κ3) is 3.18. The van der Waals surface area contributed by atoms with Gasteiger partial charge in [0.2, 0.25) is 0 Å². The predicted molar refractivity (Wildman–Crippen MR) is 122 cm³/mol. The van der Waals surface area contributed by atoms with Crippen LogP contribution in [0.3, 0.4) is 0 Å². The highest BCUT2D eigenvalue weighted by molar-refractivity contribution is 5.77. The molecule has 3 aromatic rings. The topological polar surface area (TPSA) is 60.0 Å². The number of rotatable bonds is 2. The molecule has 1 fully saturated rings. The van der Waals surface area contributed by atoms with Crippen molar-refractivity contribution in [2.75, 3.05) is 10.7 Å². The fourth-order valence-corrected chi connectivity index (χ4v) is 4.35. The van der Waals surface area contributed by atoms with E-state index >= 15 is 0 Å². The number of benzene rings is 1. The summed E-state index contributed by atoms with van der Waals surface area (Å²) in [4.78, 5) is 11.4. The van der Waals surface area contributed by atoms with E-state index in [2.05, 4.69) is 41.6 Å². The van der Waals surface area contributed by atoms with Gasteiger partial charge in [-0.1, -0.05) is 46.8 Å². The van der Waals surface area contributed by atoms with E-state index in [1.165, 1.54) is 17.5 Å². The number of fused-ring (bicyclic) bond motifs is 3. The van der Waals surface area contributed by atoms with Gasteiger partial charge < -0.3 is 10.7 Å². The molecule has 154 valence electrons. The number of anilines is 1. The van der Waals surface area contributed by atoms with E-state index in [0.717, 1.165) is 41.1 Å². The molecule has 1 saturated carbocycles. The summed E-state index contributed by atoms with van der Waals surface area (Å²) in [5.41, 5.74) is 6.84. The Bertz CT molecular complexity index is 1010. The van der Waals surface area contributed by atoms with Crippen molar-refractivity contribution in [3.8, 4) is 0 Å². The van der Waals surface area contributed by atoms with Crippen LogP contribution in [0.5, 0.6) is 0 Å². The summed E-state index contributed by atoms with van der Waals surface area (Å²) in [7, 11) is 0. The standard InChI is InChI=1S/C20H21N5.2C2H6/c1-13-4-5-17-16(10-13)23-19(25(17)21)12-24-14(2)20(7-3-8-20)15-6-9-22-11-18(15)24;2*1-2/h4-6,9-11H,2-3,7-8,12,21H2,1H3;2*1-2H3. The summed E-state index contributed by atoms with van der Waals surface area (Å²) < 4.78 is 1.70. The number of nitrogens with zero attached hydrogens (tertiary/aromatic N) is 4. The molecule has 0 atom stereocenters. The normalized spacial score (nSPS) is 15.9. The molecule has 2 N–H and O–H groups in total. The maximum Gasteiger partial charge on any atom is 0.148 e. The highest BCUT2D eigenvalue weighted by Crippen LogP contribution is 2.57. The zero-order valence-electron chi connectivity index (χ0n) is 18.4. The lowest BCUT2D eigenvalue weighted by atomic mass is 9.64. The molecule has 5 rings (SSSR count). The van der Waals surface area contributed by atoms with Crippen LogP contribution in [0.1, 0.15) is 63.9 Å². The number of aryl methyl sites for hydroxylation is 1. The monoisotopic (exact) mass is 391 g/mol. The average molecular weight is 392 g/mol. The second kappa shape index (κ2) is 8.27. The number of nitrogens with two attached hydrogens (primary N) is 1. The Morgan fingerprint density at radius 2 is 1.86 bits per heavy atom. The van der Waals surface area contributed by atoms with Crippen molar-refractivity contribution in [1.82, 2.24) is 14.6 Å². The molecule has 29 heavy (non-hydrogen) atoms. The van der Waals surface area contributed by atoms with Crippen molar-refractivity contribution >= 4 is 16.7 Å². The number of aromatic nitrogens is 3. The van der Waals surface area contributed by atoms with Crippen LogP contribution in [-0.2, 0) is 12.0 Å². The van der Waals surface area contributed by atoms with Gasteiger partial charge in [-0.3, -0.25) is 4.98 Å². The Labute approximate surface area is 174 Å². The second-order valence-corrected chi connectivity index (χ2v) is 7.25. The lowest BCUT2D eigenvalue weighted by Gasteiger charge is -2.40. The van der Waals surface area contributed by atoms with Crippen LogP contribution in [0, 0.1) is 6.92 Å². The third-order valence-electron chi connectivity index (χ3n) is 5.91. The molecule has 1 aliphatic heterocycles. The van der Waals surface area contributed by atoms with Gasteiger partial charge in [-0.2, -0.15) is 0 Å². The van der Waals surface area contributed by atoms with Gasteiger partial charge in [-0.15, -0.1) is 0 Å². The summed E-state index contributed by atoms with van der Waals surface area (Å²) >= 11 is 0. The molecule has 2 aliphatic rings. The minimum Gasteiger partial charge on any atom is -0.337 e. The molecule has 0 amide bonds. The largest absolute Gasteiger partial charge is 0.337 e. The van der Waals surface area contributed by atoms with Gasteiger partial charge in [-0.25, -0.2) is 9.66 Å². The Balaban J connectivity index is 0.000000568. The van der Waals surface area contributed by atoms with Crippen molar-refractivity contribution in [3.63, 3.8) is 0 Å². The maximum atomic E-state index is 6.33. The number of nitrogen functional groups attached to an aromatic ring is 1. The van der Waals surface area contributed by atoms with E-state index < -0.39 is 0 Å². The van der Waals surface area contributed by atoms with Crippen molar-refractivity contribution in [3.05, 3.63) is 65.9 Å². The smallest absolute Gasteiger partial charge is 0.148 e. The highest BCUT2D eigenvalue weighted by Gasteiger charge is 2.50. The molecule has 0 unspecified atom stereocenters. The van der Waals surface area contributed by atoms with E-state index in [1.807, 2.05) is 46.2 Å². The Kier molecular flexibility index (Phi) is 5.96. The van der Waals surface area contributed by atoms with Crippen LogP contribution in [0.4, 0.5) is 5.69 Å². The summed E-state index contributed by atoms with van der Waals surface area (Å²) in [5.74, 6) is 7.17. The van der Waals surface area contributed by atoms with Gasteiger partial charge in [0.1, 0.15) is 5.82 Å². The minimum atomic E-state index is 0.0975. The number of pyridine rings is 1. The predicted octanol–water partition coefficient (Wildman–Crippen LogP) is 5.46. The van der Waals surface area contributed by atoms with Crippen LogP contribution < -0.4 is 10.7 Å². The summed E-state index contributed by atoms with van der Waals surface area (Å²) in [6.07, 6.45) is 7.41. The fourth-order valence-electron chi connectivity index (χ4n) is 4.35. The molecule has 5 heteroatoms. The molecule has 0 saturated heterocycles. The molecule has 2 aromatic heterocycles. The molecule has 3 heterocycles. The molecular weight excluding hydrogens is 358 g/mol. The number of hydrogen-bond donors (Lipinski definition) is 1. The van der Waals surface area contributed by atoms with Gasteiger partial charge in [0.15, 0.2) is 0 Å². The summed E-state index contributed by atoms with van der Waals surface area (Å²) in [5, 5.41) is 0. The first-order valence-electron chi connectivity index (χ1n) is 10.7. The van der Waals surface area contributed by atoms with Crippen molar-refractivity contribution < 1.29 is 0 Å². The number of hydrogen-bond acceptors (Lipinski definition) is 4. The van der Waals surface area contributed by atoms with Gasteiger partial charge in [-0.05, 0) is 49.1 Å². The summed E-state index contributed by atoms with van der Waals surface area (Å²) in [6.45, 7) is 15.1.